The van der Waals surface area contributed by atoms with E-state index in [1.807, 2.05) is 0 Å². The maximum atomic E-state index is 13.1. The van der Waals surface area contributed by atoms with Gasteiger partial charge in [-0.1, -0.05) is 13.0 Å². The minimum Gasteiger partial charge on any atom is -0.424 e. The summed E-state index contributed by atoms with van der Waals surface area (Å²) < 4.78 is 76.5. The van der Waals surface area contributed by atoms with Crippen LogP contribution in [-0.4, -0.2) is 43.5 Å². The van der Waals surface area contributed by atoms with Crippen molar-refractivity contribution in [1.82, 2.24) is 9.78 Å². The third-order valence-electron chi connectivity index (χ3n) is 4.89. The molecule has 0 atom stereocenters. The van der Waals surface area contributed by atoms with E-state index in [2.05, 4.69) is 15.1 Å². The Morgan fingerprint density at radius 2 is 1.97 bits per heavy atom. The molecule has 1 N–H and O–H groups in total. The van der Waals surface area contributed by atoms with Crippen molar-refractivity contribution in [1.29, 1.82) is 0 Å². The Balaban J connectivity index is 0.00000385. The molecule has 1 aromatic heterocycles. The fourth-order valence-electron chi connectivity index (χ4n) is 3.40. The molecule has 33 heavy (non-hydrogen) atoms. The number of nitrogens with zero attached hydrogens (tertiary/aromatic N) is 4. The maximum absolute atomic E-state index is 13.1. The molecule has 1 aromatic carbocycles. The average molecular weight is 497 g/mol. The molecule has 0 radical (unpaired) electrons. The number of halogens is 3. The molecule has 2 amide bonds. The van der Waals surface area contributed by atoms with Crippen molar-refractivity contribution in [2.24, 2.45) is 7.05 Å². The van der Waals surface area contributed by atoms with E-state index in [9.17, 15) is 26.4 Å². The zero-order valence-electron chi connectivity index (χ0n) is 18.5. The van der Waals surface area contributed by atoms with Crippen LogP contribution in [0.3, 0.4) is 0 Å². The van der Waals surface area contributed by atoms with Gasteiger partial charge in [0.05, 0.1) is 17.4 Å². The number of aromatic nitrogens is 2. The van der Waals surface area contributed by atoms with Gasteiger partial charge in [0.2, 0.25) is 0 Å². The second kappa shape index (κ2) is 11.1. The summed E-state index contributed by atoms with van der Waals surface area (Å²) in [4.78, 5) is 12.4. The molecule has 3 rings (SSSR count). The number of benzene rings is 1. The van der Waals surface area contributed by atoms with Crippen LogP contribution < -0.4 is 39.2 Å². The van der Waals surface area contributed by atoms with E-state index in [4.69, 9.17) is 4.74 Å². The van der Waals surface area contributed by atoms with Crippen LogP contribution in [0.25, 0.3) is 4.72 Å². The summed E-state index contributed by atoms with van der Waals surface area (Å²) in [6.07, 6.45) is -0.742. The molecule has 14 heteroatoms. The van der Waals surface area contributed by atoms with E-state index in [-0.39, 0.29) is 40.9 Å². The van der Waals surface area contributed by atoms with Crippen LogP contribution in [0.4, 0.5) is 29.3 Å². The minimum atomic E-state index is -4.62. The van der Waals surface area contributed by atoms with Crippen molar-refractivity contribution in [3.8, 4) is 0 Å². The average Bonchev–Trinajstić information content (AvgIpc) is 3.12. The Morgan fingerprint density at radius 3 is 2.52 bits per heavy atom. The van der Waals surface area contributed by atoms with Crippen molar-refractivity contribution in [2.75, 3.05) is 22.8 Å². The Hall–Kier alpha value is -1.80. The normalized spacial score (nSPS) is 14.9. The van der Waals surface area contributed by atoms with E-state index in [1.54, 1.807) is 14.0 Å². The molecule has 2 aromatic rings. The molecule has 0 spiro atoms. The first-order valence-corrected chi connectivity index (χ1v) is 11.2. The van der Waals surface area contributed by atoms with Gasteiger partial charge in [-0.15, -0.1) is 0 Å². The molecule has 0 bridgehead atoms. The molecular weight excluding hydrogens is 474 g/mol. The van der Waals surface area contributed by atoms with Crippen LogP contribution in [0.5, 0.6) is 0 Å². The Bertz CT molecular complexity index is 1070. The van der Waals surface area contributed by atoms with Crippen molar-refractivity contribution >= 4 is 27.6 Å². The maximum Gasteiger partial charge on any atom is 1.00 e. The standard InChI is InChI=1S/C19H24F3N5O4S.Na/c1-3-13-8-14(19(20,21)22)10-15(9-13)24-18(28)25-32(29,30)27(16-4-6-31-7-5-16)17-11-23-26(2)12-17;/h8-12,16H,3-7H2,1-2H3,(H2,24,25,28);/q;+1/p-1. The third kappa shape index (κ3) is 7.09. The van der Waals surface area contributed by atoms with Crippen LogP contribution in [0.1, 0.15) is 30.9 Å². The molecule has 1 aliphatic heterocycles. The summed E-state index contributed by atoms with van der Waals surface area (Å²) >= 11 is 0. The Labute approximate surface area is 212 Å². The van der Waals surface area contributed by atoms with Gasteiger partial charge in [-0.3, -0.25) is 13.8 Å². The van der Waals surface area contributed by atoms with Crippen LogP contribution >= 0.6 is 0 Å². The molecule has 1 fully saturated rings. The number of carbonyl (C=O) groups excluding carboxylic acids is 1. The van der Waals surface area contributed by atoms with E-state index in [0.717, 1.165) is 16.4 Å². The number of nitrogens with one attached hydrogen (secondary N) is 1. The first kappa shape index (κ1) is 27.4. The van der Waals surface area contributed by atoms with Crippen LogP contribution in [-0.2, 0) is 34.6 Å². The summed E-state index contributed by atoms with van der Waals surface area (Å²) in [6, 6.07) is 1.24. The number of aryl methyl sites for hydroxylation is 2. The molecule has 1 saturated heterocycles. The number of amides is 2. The summed E-state index contributed by atoms with van der Waals surface area (Å²) in [5, 5.41) is 6.12. The zero-order chi connectivity index (χ0) is 23.5. The van der Waals surface area contributed by atoms with E-state index < -0.39 is 34.0 Å². The minimum absolute atomic E-state index is 0. The quantitative estimate of drug-likeness (QED) is 0.596. The van der Waals surface area contributed by atoms with E-state index in [1.165, 1.54) is 23.1 Å². The third-order valence-corrected chi connectivity index (χ3v) is 6.30. The molecule has 0 aliphatic carbocycles. The topological polar surface area (TPSA) is 108 Å². The van der Waals surface area contributed by atoms with Crippen molar-refractivity contribution in [2.45, 2.75) is 38.4 Å². The summed E-state index contributed by atoms with van der Waals surface area (Å²) in [5.74, 6) is 0. The van der Waals surface area contributed by atoms with Gasteiger partial charge < -0.3 is 14.8 Å². The van der Waals surface area contributed by atoms with Gasteiger partial charge in [0.25, 0.3) is 10.2 Å². The Morgan fingerprint density at radius 1 is 1.30 bits per heavy atom. The molecule has 9 nitrogen and oxygen atoms in total. The SMILES string of the molecule is CCc1cc(NC(=O)[N-]S(=O)(=O)N(c2cnn(C)c2)C2CCOCC2)cc(C(F)(F)F)c1.[Na+]. The van der Waals surface area contributed by atoms with Gasteiger partial charge >= 0.3 is 35.7 Å². The number of alkyl halides is 3. The van der Waals surface area contributed by atoms with Gasteiger partial charge in [0.1, 0.15) is 0 Å². The molecule has 2 heterocycles. The number of urea groups is 1. The molecule has 0 saturated carbocycles. The second-order valence-corrected chi connectivity index (χ2v) is 8.75. The van der Waals surface area contributed by atoms with Crippen molar-refractivity contribution < 1.29 is 60.7 Å². The molecular formula is C19H23F3N5NaO4S. The number of hydrogen-bond donors (Lipinski definition) is 1. The molecule has 0 unspecified atom stereocenters. The fraction of sp³-hybridized carbons (Fsp3) is 0.474. The fourth-order valence-corrected chi connectivity index (χ4v) is 4.69. The van der Waals surface area contributed by atoms with Crippen LogP contribution in [0.15, 0.2) is 30.6 Å². The predicted molar refractivity (Wildman–Crippen MR) is 112 cm³/mol. The number of hydrogen-bond acceptors (Lipinski definition) is 5. The number of ether oxygens (including phenoxy) is 1. The number of carbonyl (C=O) groups is 1. The van der Waals surface area contributed by atoms with E-state index >= 15 is 0 Å². The largest absolute Gasteiger partial charge is 1.00 e. The monoisotopic (exact) mass is 497 g/mol. The van der Waals surface area contributed by atoms with Gasteiger partial charge in [-0.2, -0.15) is 18.3 Å². The Kier molecular flexibility index (Phi) is 9.22. The van der Waals surface area contributed by atoms with Crippen molar-refractivity contribution in [3.05, 3.63) is 46.4 Å². The summed E-state index contributed by atoms with van der Waals surface area (Å²) in [7, 11) is -2.91. The van der Waals surface area contributed by atoms with Crippen LogP contribution in [0.2, 0.25) is 0 Å². The van der Waals surface area contributed by atoms with Gasteiger partial charge in [-0.25, -0.2) is 8.42 Å². The van der Waals surface area contributed by atoms with Gasteiger partial charge in [0, 0.05) is 32.5 Å². The second-order valence-electron chi connectivity index (χ2n) is 7.28. The predicted octanol–water partition coefficient (Wildman–Crippen LogP) is 0.841. The van der Waals surface area contributed by atoms with E-state index in [0.29, 0.717) is 38.0 Å². The smallest absolute Gasteiger partial charge is 0.424 e. The van der Waals surface area contributed by atoms with Gasteiger partial charge in [0.15, 0.2) is 6.03 Å². The first-order valence-electron chi connectivity index (χ1n) is 9.85. The number of anilines is 2. The summed E-state index contributed by atoms with van der Waals surface area (Å²) in [5.41, 5.74) is -0.589. The zero-order valence-corrected chi connectivity index (χ0v) is 21.3. The van der Waals surface area contributed by atoms with Gasteiger partial charge in [-0.05, 0) is 42.6 Å². The number of rotatable bonds is 6. The van der Waals surface area contributed by atoms with Crippen LogP contribution in [0, 0.1) is 0 Å². The first-order chi connectivity index (χ1) is 15.0. The molecule has 176 valence electrons. The van der Waals surface area contributed by atoms with Crippen molar-refractivity contribution in [3.63, 3.8) is 0 Å². The molecule has 1 aliphatic rings. The summed E-state index contributed by atoms with van der Waals surface area (Å²) in [6.45, 7) is 2.34.